The van der Waals surface area contributed by atoms with Gasteiger partial charge in [0.05, 0.1) is 32.9 Å². The van der Waals surface area contributed by atoms with Crippen LogP contribution in [0.25, 0.3) is 5.65 Å². The SMILES string of the molecule is Cn1nnc2c(C(=O)OCCSSCC[N+](C)(C)CCC(=O)[O-])ncn2c1=O. The van der Waals surface area contributed by atoms with Gasteiger partial charge in [0, 0.05) is 25.2 Å². The zero-order chi connectivity index (χ0) is 20.7. The number of aryl methyl sites for hydroxylation is 1. The summed E-state index contributed by atoms with van der Waals surface area (Å²) in [5.74, 6) is -0.270. The summed E-state index contributed by atoms with van der Waals surface area (Å²) in [4.78, 5) is 38.4. The maximum Gasteiger partial charge on any atom is 0.361 e. The van der Waals surface area contributed by atoms with Gasteiger partial charge in [-0.3, -0.25) is 0 Å². The molecule has 13 heteroatoms. The molecule has 0 unspecified atom stereocenters. The molecule has 11 nitrogen and oxygen atoms in total. The van der Waals surface area contributed by atoms with Crippen molar-refractivity contribution in [2.75, 3.05) is 45.3 Å². The number of fused-ring (bicyclic) bond motifs is 1. The van der Waals surface area contributed by atoms with Crippen LogP contribution in [-0.2, 0) is 16.6 Å². The van der Waals surface area contributed by atoms with Gasteiger partial charge in [-0.2, -0.15) is 4.68 Å². The van der Waals surface area contributed by atoms with E-state index in [-0.39, 0.29) is 24.4 Å². The molecule has 0 bridgehead atoms. The molecule has 0 N–H and O–H groups in total. The lowest BCUT2D eigenvalue weighted by atomic mass is 10.3. The van der Waals surface area contributed by atoms with Gasteiger partial charge >= 0.3 is 11.7 Å². The van der Waals surface area contributed by atoms with Crippen molar-refractivity contribution in [3.05, 3.63) is 22.5 Å². The summed E-state index contributed by atoms with van der Waals surface area (Å²) in [6.07, 6.45) is 1.26. The quantitative estimate of drug-likeness (QED) is 0.181. The Balaban J connectivity index is 1.69. The first kappa shape index (κ1) is 22.2. The van der Waals surface area contributed by atoms with Gasteiger partial charge in [0.15, 0.2) is 11.3 Å². The molecule has 154 valence electrons. The molecule has 0 aliphatic heterocycles. The van der Waals surface area contributed by atoms with Gasteiger partial charge in [-0.25, -0.2) is 19.0 Å². The van der Waals surface area contributed by atoms with E-state index in [4.69, 9.17) is 4.74 Å². The van der Waals surface area contributed by atoms with Crippen molar-refractivity contribution in [3.8, 4) is 0 Å². The predicted molar refractivity (Wildman–Crippen MR) is 103 cm³/mol. The first-order valence-electron chi connectivity index (χ1n) is 8.42. The van der Waals surface area contributed by atoms with E-state index in [1.165, 1.54) is 13.4 Å². The molecule has 0 saturated carbocycles. The van der Waals surface area contributed by atoms with Crippen molar-refractivity contribution in [1.82, 2.24) is 24.4 Å². The number of carboxylic acid groups (broad SMARTS) is 1. The highest BCUT2D eigenvalue weighted by atomic mass is 33.1. The van der Waals surface area contributed by atoms with Gasteiger partial charge in [-0.1, -0.05) is 26.8 Å². The molecule has 0 spiro atoms. The third kappa shape index (κ3) is 6.21. The second-order valence-corrected chi connectivity index (χ2v) is 9.27. The number of aliphatic carboxylic acids is 1. The summed E-state index contributed by atoms with van der Waals surface area (Å²) in [6.45, 7) is 1.53. The Labute approximate surface area is 169 Å². The Kier molecular flexibility index (Phi) is 7.83. The van der Waals surface area contributed by atoms with Crippen molar-refractivity contribution in [2.24, 2.45) is 7.05 Å². The molecule has 0 aromatic carbocycles. The third-order valence-corrected chi connectivity index (χ3v) is 6.23. The van der Waals surface area contributed by atoms with Gasteiger partial charge in [0.25, 0.3) is 0 Å². The minimum Gasteiger partial charge on any atom is -0.550 e. The minimum atomic E-state index is -1.04. The van der Waals surface area contributed by atoms with E-state index in [2.05, 4.69) is 15.3 Å². The van der Waals surface area contributed by atoms with Crippen LogP contribution >= 0.6 is 21.6 Å². The summed E-state index contributed by atoms with van der Waals surface area (Å²) < 4.78 is 7.95. The molecule has 28 heavy (non-hydrogen) atoms. The van der Waals surface area contributed by atoms with Gasteiger partial charge in [0.1, 0.15) is 12.9 Å². The number of aromatic nitrogens is 5. The van der Waals surface area contributed by atoms with Crippen LogP contribution in [0.4, 0.5) is 0 Å². The van der Waals surface area contributed by atoms with Crippen molar-refractivity contribution in [3.63, 3.8) is 0 Å². The van der Waals surface area contributed by atoms with E-state index in [1.807, 2.05) is 14.1 Å². The predicted octanol–water partition coefficient (Wildman–Crippen LogP) is -1.42. The van der Waals surface area contributed by atoms with Crippen molar-refractivity contribution < 1.29 is 23.9 Å². The molecule has 0 saturated heterocycles. The van der Waals surface area contributed by atoms with Crippen LogP contribution < -0.4 is 10.8 Å². The Morgan fingerprint density at radius 2 is 1.96 bits per heavy atom. The number of nitrogens with zero attached hydrogens (tertiary/aromatic N) is 6. The van der Waals surface area contributed by atoms with Crippen LogP contribution in [0.15, 0.2) is 11.1 Å². The highest BCUT2D eigenvalue weighted by Gasteiger charge is 2.18. The highest BCUT2D eigenvalue weighted by Crippen LogP contribution is 2.21. The van der Waals surface area contributed by atoms with E-state index in [9.17, 15) is 19.5 Å². The molecule has 2 heterocycles. The van der Waals surface area contributed by atoms with Gasteiger partial charge in [-0.05, 0) is 0 Å². The summed E-state index contributed by atoms with van der Waals surface area (Å²) in [5.41, 5.74) is -0.439. The molecular weight excluding hydrogens is 408 g/mol. The van der Waals surface area contributed by atoms with E-state index in [1.54, 1.807) is 21.6 Å². The lowest BCUT2D eigenvalue weighted by Gasteiger charge is -2.29. The van der Waals surface area contributed by atoms with Crippen LogP contribution in [0.1, 0.15) is 16.9 Å². The fraction of sp³-hybridized carbons (Fsp3) is 0.600. The monoisotopic (exact) mass is 430 g/mol. The average molecular weight is 431 g/mol. The largest absolute Gasteiger partial charge is 0.550 e. The van der Waals surface area contributed by atoms with E-state index >= 15 is 0 Å². The van der Waals surface area contributed by atoms with E-state index in [0.717, 1.165) is 21.4 Å². The number of carbonyl (C=O) groups is 2. The van der Waals surface area contributed by atoms with Crippen LogP contribution in [0.5, 0.6) is 0 Å². The van der Waals surface area contributed by atoms with Crippen LogP contribution in [0.2, 0.25) is 0 Å². The molecule has 0 radical (unpaired) electrons. The van der Waals surface area contributed by atoms with Crippen molar-refractivity contribution in [1.29, 1.82) is 0 Å². The van der Waals surface area contributed by atoms with Gasteiger partial charge in [0.2, 0.25) is 0 Å². The summed E-state index contributed by atoms with van der Waals surface area (Å²) in [5, 5.41) is 18.0. The maximum absolute atomic E-state index is 12.1. The molecule has 2 aromatic rings. The summed E-state index contributed by atoms with van der Waals surface area (Å²) >= 11 is 0. The zero-order valence-electron chi connectivity index (χ0n) is 15.9. The average Bonchev–Trinajstić information content (AvgIpc) is 3.07. The number of carbonyl (C=O) groups excluding carboxylic acids is 2. The fourth-order valence-corrected chi connectivity index (χ4v) is 4.26. The van der Waals surface area contributed by atoms with Gasteiger partial charge < -0.3 is 19.1 Å². The Bertz CT molecular complexity index is 897. The second-order valence-electron chi connectivity index (χ2n) is 6.57. The van der Waals surface area contributed by atoms with Crippen molar-refractivity contribution >= 4 is 39.2 Å². The normalized spacial score (nSPS) is 11.7. The minimum absolute atomic E-state index is 0.0416. The number of esters is 1. The molecular formula is C15H22N6O5S2. The lowest BCUT2D eigenvalue weighted by Crippen LogP contribution is -2.44. The van der Waals surface area contributed by atoms with Gasteiger partial charge in [-0.15, -0.1) is 5.10 Å². The number of quaternary nitrogens is 1. The Hall–Kier alpha value is -2.12. The first-order chi connectivity index (χ1) is 13.2. The van der Waals surface area contributed by atoms with E-state index < -0.39 is 17.6 Å². The highest BCUT2D eigenvalue weighted by molar-refractivity contribution is 8.76. The number of ether oxygens (including phenoxy) is 1. The zero-order valence-corrected chi connectivity index (χ0v) is 17.5. The standard InChI is InChI=1S/C15H22N6O5S2/c1-19-15(25)20-10-16-12(13(20)17-18-19)14(24)26-7-9-28-27-8-6-21(2,3)5-4-11(22)23/h10H,4-9H2,1-3H3. The van der Waals surface area contributed by atoms with Crippen molar-refractivity contribution in [2.45, 2.75) is 6.42 Å². The Morgan fingerprint density at radius 1 is 1.25 bits per heavy atom. The maximum atomic E-state index is 12.1. The van der Waals surface area contributed by atoms with Crippen LogP contribution in [0.3, 0.4) is 0 Å². The molecule has 0 aliphatic rings. The molecule has 0 fully saturated rings. The van der Waals surface area contributed by atoms with Crippen LogP contribution in [0, 0.1) is 0 Å². The number of rotatable bonds is 11. The molecule has 0 atom stereocenters. The molecule has 2 rings (SSSR count). The summed E-state index contributed by atoms with van der Waals surface area (Å²) in [7, 11) is 8.59. The fourth-order valence-electron chi connectivity index (χ4n) is 2.17. The third-order valence-electron chi connectivity index (χ3n) is 3.88. The van der Waals surface area contributed by atoms with E-state index in [0.29, 0.717) is 16.8 Å². The molecule has 0 aliphatic carbocycles. The number of hydrogen-bond donors (Lipinski definition) is 0. The Morgan fingerprint density at radius 3 is 2.68 bits per heavy atom. The number of hydrogen-bond acceptors (Lipinski definition) is 10. The second kappa shape index (κ2) is 9.89. The number of imidazole rings is 1. The first-order valence-corrected chi connectivity index (χ1v) is 10.9. The lowest BCUT2D eigenvalue weighted by molar-refractivity contribution is -0.887. The van der Waals surface area contributed by atoms with Crippen LogP contribution in [-0.4, -0.2) is 86.1 Å². The summed E-state index contributed by atoms with van der Waals surface area (Å²) in [6, 6.07) is 0. The molecule has 0 amide bonds. The number of carboxylic acids is 1. The smallest absolute Gasteiger partial charge is 0.361 e. The topological polar surface area (TPSA) is 132 Å². The molecule has 2 aromatic heterocycles.